The van der Waals surface area contributed by atoms with Crippen LogP contribution < -0.4 is 11.1 Å². The third-order valence-corrected chi connectivity index (χ3v) is 5.21. The number of pyridine rings is 2. The molecule has 5 heteroatoms. The molecule has 0 aliphatic heterocycles. The summed E-state index contributed by atoms with van der Waals surface area (Å²) in [5, 5.41) is 3.50. The third-order valence-electron chi connectivity index (χ3n) is 5.21. The number of rotatable bonds is 9. The van der Waals surface area contributed by atoms with Crippen LogP contribution in [0.25, 0.3) is 0 Å². The van der Waals surface area contributed by atoms with E-state index in [9.17, 15) is 4.79 Å². The molecule has 1 unspecified atom stereocenters. The Hall–Kier alpha value is -3.05. The highest BCUT2D eigenvalue weighted by atomic mass is 16.1. The van der Waals surface area contributed by atoms with Crippen LogP contribution in [0, 0.1) is 13.8 Å². The molecule has 0 aliphatic rings. The van der Waals surface area contributed by atoms with Crippen molar-refractivity contribution in [3.05, 3.63) is 95.1 Å². The van der Waals surface area contributed by atoms with Gasteiger partial charge in [0.1, 0.15) is 5.54 Å². The molecule has 0 saturated carbocycles. The first kappa shape index (κ1) is 20.7. The minimum atomic E-state index is -0.950. The number of aryl methyl sites for hydroxylation is 3. The molecule has 1 aromatic carbocycles. The van der Waals surface area contributed by atoms with E-state index in [0.29, 0.717) is 19.4 Å². The maximum atomic E-state index is 12.8. The van der Waals surface area contributed by atoms with Crippen molar-refractivity contribution in [2.75, 3.05) is 6.54 Å². The highest BCUT2D eigenvalue weighted by Crippen LogP contribution is 2.29. The van der Waals surface area contributed by atoms with Gasteiger partial charge in [-0.2, -0.15) is 0 Å². The summed E-state index contributed by atoms with van der Waals surface area (Å²) in [7, 11) is 0. The van der Waals surface area contributed by atoms with Crippen molar-refractivity contribution < 1.29 is 4.79 Å². The summed E-state index contributed by atoms with van der Waals surface area (Å²) in [6, 6.07) is 14.1. The van der Waals surface area contributed by atoms with E-state index in [4.69, 9.17) is 5.73 Å². The fourth-order valence-electron chi connectivity index (χ4n) is 3.75. The summed E-state index contributed by atoms with van der Waals surface area (Å²) >= 11 is 0. The lowest BCUT2D eigenvalue weighted by molar-refractivity contribution is -0.125. The summed E-state index contributed by atoms with van der Waals surface area (Å²) in [5.74, 6) is -0.363. The number of nitrogens with two attached hydrogens (primary N) is 1. The number of carbonyl (C=O) groups excluding carboxylic acids is 1. The van der Waals surface area contributed by atoms with E-state index in [0.717, 1.165) is 34.2 Å². The Labute approximate surface area is 172 Å². The number of amides is 1. The standard InChI is InChI=1S/C24H28N4O/c1-18-13-19(2)15-22(14-18)24(23(25)29,9-7-20-5-3-10-26-16-20)28-12-8-21-6-4-11-27-17-21/h3-6,10-11,13-17,28H,7-9,12H2,1-2H3,(H2,25,29). The molecule has 0 saturated heterocycles. The minimum absolute atomic E-state index is 0.363. The summed E-state index contributed by atoms with van der Waals surface area (Å²) in [6.45, 7) is 4.70. The van der Waals surface area contributed by atoms with Gasteiger partial charge in [0.25, 0.3) is 0 Å². The molecule has 2 aromatic heterocycles. The van der Waals surface area contributed by atoms with Crippen molar-refractivity contribution in [1.29, 1.82) is 0 Å². The molecular formula is C24H28N4O. The number of aromatic nitrogens is 2. The molecule has 0 radical (unpaired) electrons. The van der Waals surface area contributed by atoms with Gasteiger partial charge >= 0.3 is 0 Å². The molecular weight excluding hydrogens is 360 g/mol. The molecule has 0 aliphatic carbocycles. The lowest BCUT2D eigenvalue weighted by Gasteiger charge is -2.33. The summed E-state index contributed by atoms with van der Waals surface area (Å²) in [5.41, 5.74) is 10.4. The lowest BCUT2D eigenvalue weighted by Crippen LogP contribution is -2.53. The Morgan fingerprint density at radius 2 is 1.55 bits per heavy atom. The largest absolute Gasteiger partial charge is 0.368 e. The lowest BCUT2D eigenvalue weighted by atomic mass is 9.82. The molecule has 1 amide bonds. The van der Waals surface area contributed by atoms with Crippen LogP contribution in [0.2, 0.25) is 0 Å². The van der Waals surface area contributed by atoms with E-state index in [1.807, 2.05) is 50.5 Å². The monoisotopic (exact) mass is 388 g/mol. The van der Waals surface area contributed by atoms with Crippen molar-refractivity contribution in [2.24, 2.45) is 5.73 Å². The van der Waals surface area contributed by atoms with Crippen molar-refractivity contribution in [2.45, 2.75) is 38.6 Å². The molecule has 5 nitrogen and oxygen atoms in total. The zero-order valence-electron chi connectivity index (χ0n) is 17.1. The summed E-state index contributed by atoms with van der Waals surface area (Å²) < 4.78 is 0. The second kappa shape index (κ2) is 9.43. The van der Waals surface area contributed by atoms with Crippen LogP contribution in [0.5, 0.6) is 0 Å². The van der Waals surface area contributed by atoms with Gasteiger partial charge in [-0.15, -0.1) is 0 Å². The predicted molar refractivity (Wildman–Crippen MR) is 115 cm³/mol. The van der Waals surface area contributed by atoms with Gasteiger partial charge in [0.2, 0.25) is 5.91 Å². The first-order valence-corrected chi connectivity index (χ1v) is 9.91. The van der Waals surface area contributed by atoms with Gasteiger partial charge < -0.3 is 5.73 Å². The number of nitrogens with zero attached hydrogens (tertiary/aromatic N) is 2. The van der Waals surface area contributed by atoms with Crippen LogP contribution in [0.15, 0.2) is 67.3 Å². The van der Waals surface area contributed by atoms with Gasteiger partial charge in [-0.25, -0.2) is 0 Å². The fourth-order valence-corrected chi connectivity index (χ4v) is 3.75. The molecule has 3 N–H and O–H groups in total. The average molecular weight is 389 g/mol. The van der Waals surface area contributed by atoms with E-state index < -0.39 is 5.54 Å². The van der Waals surface area contributed by atoms with Crippen molar-refractivity contribution in [1.82, 2.24) is 15.3 Å². The highest BCUT2D eigenvalue weighted by Gasteiger charge is 2.38. The van der Waals surface area contributed by atoms with Crippen LogP contribution >= 0.6 is 0 Å². The molecule has 29 heavy (non-hydrogen) atoms. The molecule has 150 valence electrons. The molecule has 2 heterocycles. The number of primary amides is 1. The highest BCUT2D eigenvalue weighted by molar-refractivity contribution is 5.86. The molecule has 3 aromatic rings. The van der Waals surface area contributed by atoms with E-state index in [1.165, 1.54) is 0 Å². The van der Waals surface area contributed by atoms with Gasteiger partial charge in [0.05, 0.1) is 0 Å². The number of benzene rings is 1. The van der Waals surface area contributed by atoms with E-state index >= 15 is 0 Å². The number of carbonyl (C=O) groups is 1. The minimum Gasteiger partial charge on any atom is -0.368 e. The zero-order chi connectivity index (χ0) is 20.7. The van der Waals surface area contributed by atoms with E-state index in [2.05, 4.69) is 33.5 Å². The topological polar surface area (TPSA) is 80.9 Å². The first-order valence-electron chi connectivity index (χ1n) is 9.91. The van der Waals surface area contributed by atoms with E-state index in [-0.39, 0.29) is 5.91 Å². The quantitative estimate of drug-likeness (QED) is 0.590. The molecule has 1 atom stereocenters. The van der Waals surface area contributed by atoms with Gasteiger partial charge in [0.15, 0.2) is 0 Å². The summed E-state index contributed by atoms with van der Waals surface area (Å²) in [4.78, 5) is 21.2. The fraction of sp³-hybridized carbons (Fsp3) is 0.292. The van der Waals surface area contributed by atoms with Gasteiger partial charge in [0, 0.05) is 31.3 Å². The van der Waals surface area contributed by atoms with Gasteiger partial charge in [-0.05, 0) is 61.9 Å². The number of hydrogen-bond acceptors (Lipinski definition) is 4. The summed E-state index contributed by atoms with van der Waals surface area (Å²) in [6.07, 6.45) is 9.21. The third kappa shape index (κ3) is 5.27. The molecule has 0 bridgehead atoms. The maximum absolute atomic E-state index is 12.8. The van der Waals surface area contributed by atoms with Gasteiger partial charge in [-0.1, -0.05) is 41.5 Å². The van der Waals surface area contributed by atoms with Crippen LogP contribution in [0.3, 0.4) is 0 Å². The maximum Gasteiger partial charge on any atom is 0.242 e. The Morgan fingerprint density at radius 3 is 2.07 bits per heavy atom. The zero-order valence-corrected chi connectivity index (χ0v) is 17.1. The van der Waals surface area contributed by atoms with Crippen LogP contribution in [-0.2, 0) is 23.2 Å². The molecule has 0 spiro atoms. The van der Waals surface area contributed by atoms with Crippen LogP contribution in [-0.4, -0.2) is 22.4 Å². The van der Waals surface area contributed by atoms with E-state index in [1.54, 1.807) is 12.4 Å². The van der Waals surface area contributed by atoms with Crippen molar-refractivity contribution in [3.8, 4) is 0 Å². The normalized spacial score (nSPS) is 13.0. The Balaban J connectivity index is 1.89. The van der Waals surface area contributed by atoms with Crippen molar-refractivity contribution in [3.63, 3.8) is 0 Å². The SMILES string of the molecule is Cc1cc(C)cc(C(CCc2cccnc2)(NCCc2cccnc2)C(N)=O)c1. The molecule has 3 rings (SSSR count). The smallest absolute Gasteiger partial charge is 0.242 e. The average Bonchev–Trinajstić information content (AvgIpc) is 2.71. The van der Waals surface area contributed by atoms with Gasteiger partial charge in [-0.3, -0.25) is 20.1 Å². The first-order chi connectivity index (χ1) is 14.0. The van der Waals surface area contributed by atoms with Crippen molar-refractivity contribution >= 4 is 5.91 Å². The predicted octanol–water partition coefficient (Wildman–Crippen LogP) is 3.24. The molecule has 0 fully saturated rings. The number of hydrogen-bond donors (Lipinski definition) is 2. The van der Waals surface area contributed by atoms with Crippen LogP contribution in [0.4, 0.5) is 0 Å². The van der Waals surface area contributed by atoms with Crippen LogP contribution in [0.1, 0.15) is 34.2 Å². The Morgan fingerprint density at radius 1 is 0.966 bits per heavy atom. The second-order valence-electron chi connectivity index (χ2n) is 7.55. The number of nitrogens with one attached hydrogen (secondary N) is 1. The second-order valence-corrected chi connectivity index (χ2v) is 7.55. The Bertz CT molecular complexity index is 923. The Kier molecular flexibility index (Phi) is 6.73.